The highest BCUT2D eigenvalue weighted by Crippen LogP contribution is 2.35. The minimum absolute atomic E-state index is 0.0378. The molecule has 0 N–H and O–H groups in total. The third-order valence-corrected chi connectivity index (χ3v) is 8.40. The third-order valence-electron chi connectivity index (χ3n) is 6.54. The van der Waals surface area contributed by atoms with Gasteiger partial charge in [-0.25, -0.2) is 8.42 Å². The lowest BCUT2D eigenvalue weighted by Crippen LogP contribution is -2.48. The van der Waals surface area contributed by atoms with Gasteiger partial charge in [0.05, 0.1) is 10.8 Å². The van der Waals surface area contributed by atoms with Crippen LogP contribution in [0.25, 0.3) is 10.8 Å². The van der Waals surface area contributed by atoms with Crippen LogP contribution in [-0.2, 0) is 21.2 Å². The van der Waals surface area contributed by atoms with E-state index in [9.17, 15) is 13.2 Å². The number of hydrogen-bond acceptors (Lipinski definition) is 3. The van der Waals surface area contributed by atoms with Crippen molar-refractivity contribution in [2.24, 2.45) is 5.92 Å². The maximum Gasteiger partial charge on any atom is 0.243 e. The highest BCUT2D eigenvalue weighted by Gasteiger charge is 2.39. The normalized spacial score (nSPS) is 21.9. The van der Waals surface area contributed by atoms with Gasteiger partial charge in [0.25, 0.3) is 0 Å². The van der Waals surface area contributed by atoms with Gasteiger partial charge in [0.15, 0.2) is 0 Å². The molecule has 0 aromatic heterocycles. The zero-order chi connectivity index (χ0) is 21.6. The van der Waals surface area contributed by atoms with Crippen molar-refractivity contribution in [3.8, 4) is 0 Å². The van der Waals surface area contributed by atoms with Crippen LogP contribution in [-0.4, -0.2) is 37.8 Å². The molecule has 3 aromatic rings. The summed E-state index contributed by atoms with van der Waals surface area (Å²) in [5.74, 6) is -0.284. The number of rotatable bonds is 3. The van der Waals surface area contributed by atoms with Gasteiger partial charge in [0, 0.05) is 24.8 Å². The molecule has 2 aliphatic heterocycles. The van der Waals surface area contributed by atoms with Crippen molar-refractivity contribution in [3.63, 3.8) is 0 Å². The molecule has 1 amide bonds. The molecule has 31 heavy (non-hydrogen) atoms. The summed E-state index contributed by atoms with van der Waals surface area (Å²) in [6.45, 7) is 2.74. The topological polar surface area (TPSA) is 57.7 Å². The Morgan fingerprint density at radius 1 is 0.968 bits per heavy atom. The van der Waals surface area contributed by atoms with E-state index in [0.29, 0.717) is 24.3 Å². The highest BCUT2D eigenvalue weighted by molar-refractivity contribution is 7.89. The van der Waals surface area contributed by atoms with Gasteiger partial charge >= 0.3 is 0 Å². The molecule has 5 nitrogen and oxygen atoms in total. The van der Waals surface area contributed by atoms with Crippen molar-refractivity contribution in [2.75, 3.05) is 18.0 Å². The summed E-state index contributed by atoms with van der Waals surface area (Å²) < 4.78 is 28.3. The van der Waals surface area contributed by atoms with Gasteiger partial charge in [-0.15, -0.1) is 0 Å². The van der Waals surface area contributed by atoms with Crippen LogP contribution >= 0.6 is 0 Å². The van der Waals surface area contributed by atoms with E-state index in [1.54, 1.807) is 12.1 Å². The summed E-state index contributed by atoms with van der Waals surface area (Å²) in [5.41, 5.74) is 2.15. The summed E-state index contributed by atoms with van der Waals surface area (Å²) in [6.07, 6.45) is 2.24. The fraction of sp³-hybridized carbons (Fsp3) is 0.320. The van der Waals surface area contributed by atoms with Crippen LogP contribution in [0.5, 0.6) is 0 Å². The van der Waals surface area contributed by atoms with E-state index in [1.807, 2.05) is 53.4 Å². The number of benzene rings is 3. The Morgan fingerprint density at radius 3 is 2.55 bits per heavy atom. The summed E-state index contributed by atoms with van der Waals surface area (Å²) in [5, 5.41) is 1.91. The van der Waals surface area contributed by atoms with Crippen LogP contribution in [0, 0.1) is 5.92 Å². The van der Waals surface area contributed by atoms with Crippen molar-refractivity contribution >= 4 is 32.4 Å². The molecule has 0 saturated carbocycles. The Kier molecular flexibility index (Phi) is 5.07. The molecule has 5 rings (SSSR count). The lowest BCUT2D eigenvalue weighted by atomic mass is 9.97. The second kappa shape index (κ2) is 7.77. The Hall–Kier alpha value is -2.70. The molecule has 0 spiro atoms. The van der Waals surface area contributed by atoms with E-state index >= 15 is 0 Å². The minimum Gasteiger partial charge on any atom is -0.309 e. The number of amides is 1. The van der Waals surface area contributed by atoms with Crippen LogP contribution in [0.4, 0.5) is 5.69 Å². The summed E-state index contributed by atoms with van der Waals surface area (Å²) in [6, 6.07) is 21.1. The SMILES string of the molecule is C[C@@H]1Cc2ccccc2N1C(=O)[C@@H]1CCCN(S(=O)(=O)c2ccc3ccccc3c2)C1. The molecule has 6 heteroatoms. The van der Waals surface area contributed by atoms with Crippen molar-refractivity contribution in [1.29, 1.82) is 0 Å². The molecular formula is C25H26N2O3S. The molecule has 0 bridgehead atoms. The highest BCUT2D eigenvalue weighted by atomic mass is 32.2. The van der Waals surface area contributed by atoms with Crippen molar-refractivity contribution in [3.05, 3.63) is 72.3 Å². The Labute approximate surface area is 183 Å². The molecular weight excluding hydrogens is 408 g/mol. The number of anilines is 1. The number of sulfonamides is 1. The van der Waals surface area contributed by atoms with Gasteiger partial charge in [-0.05, 0) is 60.7 Å². The van der Waals surface area contributed by atoms with Crippen molar-refractivity contribution < 1.29 is 13.2 Å². The fourth-order valence-corrected chi connectivity index (χ4v) is 6.50. The molecule has 2 atom stereocenters. The number of nitrogens with zero attached hydrogens (tertiary/aromatic N) is 2. The molecule has 0 radical (unpaired) electrons. The van der Waals surface area contributed by atoms with E-state index in [0.717, 1.165) is 22.9 Å². The average Bonchev–Trinajstić information content (AvgIpc) is 3.14. The first-order chi connectivity index (χ1) is 14.9. The van der Waals surface area contributed by atoms with E-state index in [2.05, 4.69) is 13.0 Å². The molecule has 0 aliphatic carbocycles. The lowest BCUT2D eigenvalue weighted by Gasteiger charge is -2.34. The average molecular weight is 435 g/mol. The first-order valence-corrected chi connectivity index (χ1v) is 12.3. The standard InChI is InChI=1S/C25H26N2O3S/c1-18-15-21-9-4-5-11-24(21)27(18)25(28)22-10-6-14-26(17-22)31(29,30)23-13-12-19-7-2-3-8-20(19)16-23/h2-5,7-9,11-13,16,18,22H,6,10,14-15,17H2,1H3/t18-,22-/m1/s1. The third kappa shape index (κ3) is 3.54. The smallest absolute Gasteiger partial charge is 0.243 e. The van der Waals surface area contributed by atoms with Gasteiger partial charge in [-0.3, -0.25) is 4.79 Å². The van der Waals surface area contributed by atoms with E-state index in [1.165, 1.54) is 9.87 Å². The molecule has 1 saturated heterocycles. The molecule has 2 aliphatic rings. The van der Waals surface area contributed by atoms with Crippen LogP contribution in [0.15, 0.2) is 71.6 Å². The van der Waals surface area contributed by atoms with Gasteiger partial charge in [-0.1, -0.05) is 48.5 Å². The Bertz CT molecular complexity index is 1250. The second-order valence-corrected chi connectivity index (χ2v) is 10.5. The van der Waals surface area contributed by atoms with Gasteiger partial charge in [0.2, 0.25) is 15.9 Å². The van der Waals surface area contributed by atoms with Crippen molar-refractivity contribution in [1.82, 2.24) is 4.31 Å². The van der Waals surface area contributed by atoms with Crippen LogP contribution < -0.4 is 4.90 Å². The predicted octanol–water partition coefficient (Wildman–Crippen LogP) is 4.22. The number of carbonyl (C=O) groups is 1. The quantitative estimate of drug-likeness (QED) is 0.620. The first kappa shape index (κ1) is 20.2. The second-order valence-electron chi connectivity index (χ2n) is 8.60. The van der Waals surface area contributed by atoms with Gasteiger partial charge in [0.1, 0.15) is 0 Å². The predicted molar refractivity (Wildman–Crippen MR) is 123 cm³/mol. The van der Waals surface area contributed by atoms with E-state index in [-0.39, 0.29) is 24.4 Å². The number of hydrogen-bond donors (Lipinski definition) is 0. The van der Waals surface area contributed by atoms with Crippen LogP contribution in [0.3, 0.4) is 0 Å². The first-order valence-electron chi connectivity index (χ1n) is 10.8. The summed E-state index contributed by atoms with van der Waals surface area (Å²) in [4.78, 5) is 15.6. The zero-order valence-electron chi connectivity index (χ0n) is 17.6. The van der Waals surface area contributed by atoms with Crippen molar-refractivity contribution in [2.45, 2.75) is 37.1 Å². The molecule has 0 unspecified atom stereocenters. The number of piperidine rings is 1. The summed E-state index contributed by atoms with van der Waals surface area (Å²) in [7, 11) is -3.65. The van der Waals surface area contributed by atoms with Gasteiger partial charge < -0.3 is 4.90 Å². The minimum atomic E-state index is -3.65. The maximum atomic E-state index is 13.5. The van der Waals surface area contributed by atoms with Crippen LogP contribution in [0.1, 0.15) is 25.3 Å². The van der Waals surface area contributed by atoms with Crippen LogP contribution in [0.2, 0.25) is 0 Å². The number of fused-ring (bicyclic) bond motifs is 2. The molecule has 2 heterocycles. The lowest BCUT2D eigenvalue weighted by molar-refractivity contribution is -0.123. The van der Waals surface area contributed by atoms with Gasteiger partial charge in [-0.2, -0.15) is 4.31 Å². The summed E-state index contributed by atoms with van der Waals surface area (Å²) >= 11 is 0. The van der Waals surface area contributed by atoms with E-state index in [4.69, 9.17) is 0 Å². The number of carbonyl (C=O) groups excluding carboxylic acids is 1. The Morgan fingerprint density at radius 2 is 1.71 bits per heavy atom. The number of para-hydroxylation sites is 1. The largest absolute Gasteiger partial charge is 0.309 e. The monoisotopic (exact) mass is 434 g/mol. The molecule has 1 fully saturated rings. The molecule has 3 aromatic carbocycles. The fourth-order valence-electron chi connectivity index (χ4n) is 4.94. The molecule has 160 valence electrons. The maximum absolute atomic E-state index is 13.5. The zero-order valence-corrected chi connectivity index (χ0v) is 18.4. The Balaban J connectivity index is 1.40. The van der Waals surface area contributed by atoms with E-state index < -0.39 is 10.0 Å².